The molecule has 0 atom stereocenters. The molecule has 0 aliphatic carbocycles. The Hall–Kier alpha value is -0.160. The quantitative estimate of drug-likeness (QED) is 0.327. The molecule has 0 unspecified atom stereocenters. The highest BCUT2D eigenvalue weighted by Gasteiger charge is 1.95. The first-order valence-corrected chi connectivity index (χ1v) is 5.10. The van der Waals surface area contributed by atoms with Crippen LogP contribution in [-0.2, 0) is 19.2 Å². The van der Waals surface area contributed by atoms with E-state index >= 15 is 0 Å². The Morgan fingerprint density at radius 3 is 1.29 bits per heavy atom. The van der Waals surface area contributed by atoms with E-state index < -0.39 is 0 Å². The van der Waals surface area contributed by atoms with Crippen molar-refractivity contribution in [2.24, 2.45) is 0 Å². The molecule has 0 aliphatic rings. The van der Waals surface area contributed by atoms with Crippen LogP contribution >= 0.6 is 0 Å². The summed E-state index contributed by atoms with van der Waals surface area (Å²) < 4.78 is 10.5. The molecule has 0 fully saturated rings. The fourth-order valence-corrected chi connectivity index (χ4v) is 0.754. The first-order valence-electron chi connectivity index (χ1n) is 5.10. The van der Waals surface area contributed by atoms with Crippen molar-refractivity contribution < 1.29 is 19.2 Å². The molecule has 86 valence electrons. The Morgan fingerprint density at radius 2 is 1.00 bits per heavy atom. The minimum atomic E-state index is 0.239. The van der Waals surface area contributed by atoms with Crippen LogP contribution in [0.2, 0.25) is 0 Å². The lowest BCUT2D eigenvalue weighted by atomic mass is 10.5. The van der Waals surface area contributed by atoms with E-state index in [2.05, 4.69) is 0 Å². The molecule has 4 heteroatoms. The normalized spacial score (nSPS) is 11.6. The zero-order chi connectivity index (χ0) is 10.8. The Morgan fingerprint density at radius 1 is 0.643 bits per heavy atom. The summed E-state index contributed by atoms with van der Waals surface area (Å²) in [6.45, 7) is 9.97. The van der Waals surface area contributed by atoms with E-state index in [1.165, 1.54) is 0 Å². The molecule has 0 N–H and O–H groups in total. The van der Waals surface area contributed by atoms with Gasteiger partial charge in [-0.15, -0.1) is 0 Å². The second-order valence-corrected chi connectivity index (χ2v) is 3.48. The van der Waals surface area contributed by atoms with E-state index in [0.717, 1.165) is 0 Å². The predicted molar refractivity (Wildman–Crippen MR) is 54.1 cm³/mol. The van der Waals surface area contributed by atoms with E-state index in [4.69, 9.17) is 19.2 Å². The summed E-state index contributed by atoms with van der Waals surface area (Å²) in [6.07, 6.45) is 0.478. The largest absolute Gasteiger partial charge is 0.376 e. The summed E-state index contributed by atoms with van der Waals surface area (Å²) in [6, 6.07) is 0. The molecule has 0 amide bonds. The van der Waals surface area contributed by atoms with Crippen molar-refractivity contribution in [3.05, 3.63) is 0 Å². The average molecular weight is 206 g/mol. The SMILES string of the molecule is CC(C)OCCOOCCOC(C)C. The van der Waals surface area contributed by atoms with E-state index in [-0.39, 0.29) is 12.2 Å². The van der Waals surface area contributed by atoms with Crippen LogP contribution in [0.3, 0.4) is 0 Å². The maximum absolute atomic E-state index is 5.25. The summed E-state index contributed by atoms with van der Waals surface area (Å²) in [4.78, 5) is 9.72. The van der Waals surface area contributed by atoms with Crippen LogP contribution < -0.4 is 0 Å². The molecule has 0 aromatic carbocycles. The van der Waals surface area contributed by atoms with Crippen LogP contribution in [0.5, 0.6) is 0 Å². The fraction of sp³-hybridized carbons (Fsp3) is 1.00. The lowest BCUT2D eigenvalue weighted by Crippen LogP contribution is -2.13. The third-order valence-corrected chi connectivity index (χ3v) is 1.32. The minimum Gasteiger partial charge on any atom is -0.376 e. The van der Waals surface area contributed by atoms with Gasteiger partial charge in [0, 0.05) is 0 Å². The number of rotatable bonds is 9. The van der Waals surface area contributed by atoms with E-state index in [1.54, 1.807) is 0 Å². The van der Waals surface area contributed by atoms with Gasteiger partial charge in [0.2, 0.25) is 0 Å². The van der Waals surface area contributed by atoms with Crippen molar-refractivity contribution in [3.8, 4) is 0 Å². The van der Waals surface area contributed by atoms with Crippen LogP contribution in [0, 0.1) is 0 Å². The zero-order valence-corrected chi connectivity index (χ0v) is 9.62. The van der Waals surface area contributed by atoms with Gasteiger partial charge in [0.15, 0.2) is 0 Å². The Kier molecular flexibility index (Phi) is 9.29. The van der Waals surface area contributed by atoms with Crippen molar-refractivity contribution in [2.75, 3.05) is 26.4 Å². The van der Waals surface area contributed by atoms with Gasteiger partial charge in [0.25, 0.3) is 0 Å². The summed E-state index contributed by atoms with van der Waals surface area (Å²) >= 11 is 0. The Bertz CT molecular complexity index is 101. The van der Waals surface area contributed by atoms with Crippen molar-refractivity contribution in [1.29, 1.82) is 0 Å². The van der Waals surface area contributed by atoms with E-state index in [9.17, 15) is 0 Å². The molecule has 0 bridgehead atoms. The highest BCUT2D eigenvalue weighted by molar-refractivity contribution is 4.36. The van der Waals surface area contributed by atoms with Gasteiger partial charge in [-0.2, -0.15) is 0 Å². The standard InChI is InChI=1S/C10H22O4/c1-9(2)11-5-7-13-14-8-6-12-10(3)4/h9-10H,5-8H2,1-4H3. The molecule has 0 saturated carbocycles. The van der Waals surface area contributed by atoms with E-state index in [1.807, 2.05) is 27.7 Å². The van der Waals surface area contributed by atoms with Crippen LogP contribution in [0.25, 0.3) is 0 Å². The van der Waals surface area contributed by atoms with Gasteiger partial charge < -0.3 is 9.47 Å². The molecule has 0 rings (SSSR count). The summed E-state index contributed by atoms with van der Waals surface area (Å²) in [7, 11) is 0. The maximum atomic E-state index is 5.25. The number of hydrogen-bond donors (Lipinski definition) is 0. The Labute approximate surface area is 86.4 Å². The molecule has 0 radical (unpaired) electrons. The number of hydrogen-bond acceptors (Lipinski definition) is 4. The van der Waals surface area contributed by atoms with Crippen molar-refractivity contribution >= 4 is 0 Å². The predicted octanol–water partition coefficient (Wildman–Crippen LogP) is 1.78. The van der Waals surface area contributed by atoms with Gasteiger partial charge in [0.05, 0.1) is 25.4 Å². The van der Waals surface area contributed by atoms with Gasteiger partial charge in [-0.3, -0.25) is 0 Å². The lowest BCUT2D eigenvalue weighted by molar-refractivity contribution is -0.305. The van der Waals surface area contributed by atoms with E-state index in [0.29, 0.717) is 26.4 Å². The molecular formula is C10H22O4. The minimum absolute atomic E-state index is 0.239. The third kappa shape index (κ3) is 11.8. The highest BCUT2D eigenvalue weighted by Crippen LogP contribution is 1.89. The van der Waals surface area contributed by atoms with Gasteiger partial charge in [-0.1, -0.05) is 0 Å². The van der Waals surface area contributed by atoms with Crippen molar-refractivity contribution in [2.45, 2.75) is 39.9 Å². The molecule has 0 saturated heterocycles. The van der Waals surface area contributed by atoms with Crippen LogP contribution in [0.4, 0.5) is 0 Å². The maximum Gasteiger partial charge on any atom is 0.106 e. The summed E-state index contributed by atoms with van der Waals surface area (Å²) in [5.41, 5.74) is 0. The molecule has 4 nitrogen and oxygen atoms in total. The molecule has 0 aromatic rings. The molecule has 0 spiro atoms. The first-order chi connectivity index (χ1) is 6.63. The second-order valence-electron chi connectivity index (χ2n) is 3.48. The number of ether oxygens (including phenoxy) is 2. The topological polar surface area (TPSA) is 36.9 Å². The average Bonchev–Trinajstić information content (AvgIpc) is 2.08. The molecule has 0 heterocycles. The third-order valence-electron chi connectivity index (χ3n) is 1.32. The highest BCUT2D eigenvalue weighted by atomic mass is 17.2. The van der Waals surface area contributed by atoms with Crippen LogP contribution in [0.15, 0.2) is 0 Å². The molecular weight excluding hydrogens is 184 g/mol. The fourth-order valence-electron chi connectivity index (χ4n) is 0.754. The van der Waals surface area contributed by atoms with Crippen LogP contribution in [-0.4, -0.2) is 38.6 Å². The van der Waals surface area contributed by atoms with Gasteiger partial charge in [-0.25, -0.2) is 9.78 Å². The van der Waals surface area contributed by atoms with Crippen molar-refractivity contribution in [3.63, 3.8) is 0 Å². The molecule has 0 aromatic heterocycles. The van der Waals surface area contributed by atoms with Gasteiger partial charge >= 0.3 is 0 Å². The van der Waals surface area contributed by atoms with Crippen molar-refractivity contribution in [1.82, 2.24) is 0 Å². The Balaban J connectivity index is 2.92. The zero-order valence-electron chi connectivity index (χ0n) is 9.62. The van der Waals surface area contributed by atoms with Gasteiger partial charge in [-0.05, 0) is 27.7 Å². The monoisotopic (exact) mass is 206 g/mol. The van der Waals surface area contributed by atoms with Crippen LogP contribution in [0.1, 0.15) is 27.7 Å². The molecule has 0 aliphatic heterocycles. The van der Waals surface area contributed by atoms with Gasteiger partial charge in [0.1, 0.15) is 13.2 Å². The smallest absolute Gasteiger partial charge is 0.106 e. The first kappa shape index (κ1) is 13.8. The summed E-state index contributed by atoms with van der Waals surface area (Å²) in [5.74, 6) is 0. The molecule has 14 heavy (non-hydrogen) atoms. The summed E-state index contributed by atoms with van der Waals surface area (Å²) in [5, 5.41) is 0. The lowest BCUT2D eigenvalue weighted by Gasteiger charge is -2.09. The second kappa shape index (κ2) is 9.40.